The first-order valence-corrected chi connectivity index (χ1v) is 6.75. The number of aromatic nitrogens is 1. The summed E-state index contributed by atoms with van der Waals surface area (Å²) < 4.78 is 0. The average molecular weight is 269 g/mol. The fourth-order valence-corrected chi connectivity index (χ4v) is 1.96. The lowest BCUT2D eigenvalue weighted by molar-refractivity contribution is 0.0958. The van der Waals surface area contributed by atoms with E-state index in [2.05, 4.69) is 39.9 Å². The van der Waals surface area contributed by atoms with E-state index in [0.29, 0.717) is 5.69 Å². The molecule has 0 spiro atoms. The van der Waals surface area contributed by atoms with E-state index in [1.165, 1.54) is 5.56 Å². The zero-order valence-corrected chi connectivity index (χ0v) is 11.6. The van der Waals surface area contributed by atoms with Crippen LogP contribution in [0.1, 0.15) is 22.5 Å². The lowest BCUT2D eigenvalue weighted by Crippen LogP contribution is -2.19. The third-order valence-corrected chi connectivity index (χ3v) is 3.03. The predicted octanol–water partition coefficient (Wildman–Crippen LogP) is 2.49. The molecule has 0 bridgehead atoms. The van der Waals surface area contributed by atoms with Gasteiger partial charge in [-0.25, -0.2) is 0 Å². The van der Waals surface area contributed by atoms with Crippen molar-refractivity contribution in [2.75, 3.05) is 18.9 Å². The van der Waals surface area contributed by atoms with Gasteiger partial charge in [0.05, 0.1) is 0 Å². The maximum Gasteiger partial charge on any atom is 0.269 e. The molecule has 1 aromatic carbocycles. The van der Waals surface area contributed by atoms with Crippen molar-refractivity contribution in [3.05, 3.63) is 59.9 Å². The third kappa shape index (κ3) is 4.09. The van der Waals surface area contributed by atoms with Gasteiger partial charge in [-0.15, -0.1) is 0 Å². The van der Waals surface area contributed by atoms with Gasteiger partial charge in [0.15, 0.2) is 0 Å². The quantitative estimate of drug-likeness (QED) is 0.792. The van der Waals surface area contributed by atoms with E-state index in [9.17, 15) is 4.79 Å². The number of nitrogens with zero attached hydrogens (tertiary/aromatic N) is 1. The van der Waals surface area contributed by atoms with Crippen molar-refractivity contribution in [2.24, 2.45) is 0 Å². The molecule has 4 heteroatoms. The molecular weight excluding hydrogens is 250 g/mol. The van der Waals surface area contributed by atoms with Gasteiger partial charge in [0.25, 0.3) is 5.91 Å². The summed E-state index contributed by atoms with van der Waals surface area (Å²) in [4.78, 5) is 15.5. The highest BCUT2D eigenvalue weighted by atomic mass is 16.1. The predicted molar refractivity (Wildman–Crippen MR) is 80.9 cm³/mol. The number of rotatable bonds is 6. The number of nitrogens with one attached hydrogen (secondary N) is 2. The van der Waals surface area contributed by atoms with Gasteiger partial charge in [-0.1, -0.05) is 30.3 Å². The molecule has 2 rings (SSSR count). The summed E-state index contributed by atoms with van der Waals surface area (Å²) in [6.45, 7) is 0.867. The Labute approximate surface area is 119 Å². The number of hydrogen-bond donors (Lipinski definition) is 2. The first kappa shape index (κ1) is 14.1. The molecule has 4 nitrogen and oxygen atoms in total. The zero-order valence-electron chi connectivity index (χ0n) is 11.6. The van der Waals surface area contributed by atoms with Crippen LogP contribution in [0.2, 0.25) is 0 Å². The average Bonchev–Trinajstić information content (AvgIpc) is 2.52. The smallest absolute Gasteiger partial charge is 0.269 e. The van der Waals surface area contributed by atoms with E-state index < -0.39 is 0 Å². The van der Waals surface area contributed by atoms with Crippen LogP contribution in [0.3, 0.4) is 0 Å². The molecular formula is C16H19N3O. The van der Waals surface area contributed by atoms with Crippen molar-refractivity contribution in [1.29, 1.82) is 0 Å². The van der Waals surface area contributed by atoms with E-state index in [0.717, 1.165) is 25.1 Å². The summed E-state index contributed by atoms with van der Waals surface area (Å²) >= 11 is 0. The van der Waals surface area contributed by atoms with E-state index >= 15 is 0 Å². The Bertz CT molecular complexity index is 555. The topological polar surface area (TPSA) is 54.0 Å². The minimum Gasteiger partial charge on any atom is -0.385 e. The number of amides is 1. The van der Waals surface area contributed by atoms with Crippen molar-refractivity contribution in [3.8, 4) is 0 Å². The molecule has 20 heavy (non-hydrogen) atoms. The van der Waals surface area contributed by atoms with E-state index in [-0.39, 0.29) is 5.91 Å². The fourth-order valence-electron chi connectivity index (χ4n) is 1.96. The molecule has 0 saturated carbocycles. The van der Waals surface area contributed by atoms with Crippen LogP contribution in [-0.2, 0) is 6.42 Å². The first-order chi connectivity index (χ1) is 9.79. The molecule has 1 heterocycles. The zero-order chi connectivity index (χ0) is 14.2. The summed E-state index contributed by atoms with van der Waals surface area (Å²) in [7, 11) is 1.60. The first-order valence-electron chi connectivity index (χ1n) is 6.75. The molecule has 1 amide bonds. The van der Waals surface area contributed by atoms with Gasteiger partial charge in [-0.2, -0.15) is 0 Å². The summed E-state index contributed by atoms with van der Waals surface area (Å²) in [5, 5.41) is 5.88. The molecule has 104 valence electrons. The number of aryl methyl sites for hydroxylation is 1. The van der Waals surface area contributed by atoms with Gasteiger partial charge < -0.3 is 10.6 Å². The molecule has 0 atom stereocenters. The Morgan fingerprint density at radius 1 is 1.20 bits per heavy atom. The fraction of sp³-hybridized carbons (Fsp3) is 0.250. The maximum atomic E-state index is 11.5. The summed E-state index contributed by atoms with van der Waals surface area (Å²) in [6, 6.07) is 14.0. The third-order valence-electron chi connectivity index (χ3n) is 3.03. The van der Waals surface area contributed by atoms with E-state index in [4.69, 9.17) is 0 Å². The monoisotopic (exact) mass is 269 g/mol. The molecule has 0 aliphatic heterocycles. The second kappa shape index (κ2) is 7.28. The van der Waals surface area contributed by atoms with Crippen LogP contribution in [0.5, 0.6) is 0 Å². The lowest BCUT2D eigenvalue weighted by atomic mass is 10.1. The number of carbonyl (C=O) groups is 1. The Morgan fingerprint density at radius 3 is 2.75 bits per heavy atom. The lowest BCUT2D eigenvalue weighted by Gasteiger charge is -2.07. The summed E-state index contributed by atoms with van der Waals surface area (Å²) in [6.07, 6.45) is 3.73. The highest BCUT2D eigenvalue weighted by Crippen LogP contribution is 2.09. The van der Waals surface area contributed by atoms with Crippen molar-refractivity contribution in [2.45, 2.75) is 12.8 Å². The number of benzene rings is 1. The van der Waals surface area contributed by atoms with E-state index in [1.807, 2.05) is 12.1 Å². The molecule has 0 unspecified atom stereocenters. The SMILES string of the molecule is CNC(=O)c1cc(NCCCc2ccccc2)ccn1. The Balaban J connectivity index is 1.81. The van der Waals surface area contributed by atoms with Crippen molar-refractivity contribution in [1.82, 2.24) is 10.3 Å². The van der Waals surface area contributed by atoms with Gasteiger partial charge >= 0.3 is 0 Å². The number of pyridine rings is 1. The molecule has 0 saturated heterocycles. The standard InChI is InChI=1S/C16H19N3O/c1-17-16(20)15-12-14(9-11-19-15)18-10-5-8-13-6-3-2-4-7-13/h2-4,6-7,9,11-12H,5,8,10H2,1H3,(H,17,20)(H,18,19). The van der Waals surface area contributed by atoms with Crippen LogP contribution in [0.25, 0.3) is 0 Å². The summed E-state index contributed by atoms with van der Waals surface area (Å²) in [5.74, 6) is -0.169. The van der Waals surface area contributed by atoms with Gasteiger partial charge in [0.2, 0.25) is 0 Å². The van der Waals surface area contributed by atoms with Crippen LogP contribution in [-0.4, -0.2) is 24.5 Å². The highest BCUT2D eigenvalue weighted by molar-refractivity contribution is 5.92. The number of anilines is 1. The molecule has 0 aliphatic rings. The second-order valence-electron chi connectivity index (χ2n) is 4.52. The van der Waals surface area contributed by atoms with Crippen LogP contribution in [0.15, 0.2) is 48.7 Å². The van der Waals surface area contributed by atoms with Crippen LogP contribution >= 0.6 is 0 Å². The van der Waals surface area contributed by atoms with Gasteiger partial charge in [-0.05, 0) is 30.5 Å². The number of hydrogen-bond acceptors (Lipinski definition) is 3. The Morgan fingerprint density at radius 2 is 2.00 bits per heavy atom. The Kier molecular flexibility index (Phi) is 5.12. The van der Waals surface area contributed by atoms with Crippen molar-refractivity contribution < 1.29 is 4.79 Å². The molecule has 0 fully saturated rings. The van der Waals surface area contributed by atoms with Crippen LogP contribution < -0.4 is 10.6 Å². The van der Waals surface area contributed by atoms with Gasteiger partial charge in [0, 0.05) is 25.5 Å². The van der Waals surface area contributed by atoms with Crippen molar-refractivity contribution >= 4 is 11.6 Å². The minimum absolute atomic E-state index is 0.169. The van der Waals surface area contributed by atoms with E-state index in [1.54, 1.807) is 19.3 Å². The molecule has 0 aliphatic carbocycles. The number of carbonyl (C=O) groups excluding carboxylic acids is 1. The van der Waals surface area contributed by atoms with Crippen LogP contribution in [0.4, 0.5) is 5.69 Å². The van der Waals surface area contributed by atoms with Crippen molar-refractivity contribution in [3.63, 3.8) is 0 Å². The molecule has 2 aromatic rings. The minimum atomic E-state index is -0.169. The second-order valence-corrected chi connectivity index (χ2v) is 4.52. The maximum absolute atomic E-state index is 11.5. The molecule has 2 N–H and O–H groups in total. The molecule has 0 radical (unpaired) electrons. The Hall–Kier alpha value is -2.36. The highest BCUT2D eigenvalue weighted by Gasteiger charge is 2.04. The summed E-state index contributed by atoms with van der Waals surface area (Å²) in [5.41, 5.74) is 2.70. The normalized spacial score (nSPS) is 10.1. The molecule has 1 aromatic heterocycles. The van der Waals surface area contributed by atoms with Gasteiger partial charge in [0.1, 0.15) is 5.69 Å². The van der Waals surface area contributed by atoms with Crippen LogP contribution in [0, 0.1) is 0 Å². The largest absolute Gasteiger partial charge is 0.385 e. The van der Waals surface area contributed by atoms with Gasteiger partial charge in [-0.3, -0.25) is 9.78 Å².